The highest BCUT2D eigenvalue weighted by molar-refractivity contribution is 5.70. The van der Waals surface area contributed by atoms with E-state index in [2.05, 4.69) is 29.3 Å². The molecule has 4 aromatic rings. The van der Waals surface area contributed by atoms with Crippen LogP contribution in [0.1, 0.15) is 60.8 Å². The van der Waals surface area contributed by atoms with Gasteiger partial charge in [-0.3, -0.25) is 0 Å². The van der Waals surface area contributed by atoms with E-state index in [9.17, 15) is 19.4 Å². The standard InChI is InChI=1S/C29H28FN3O3/c1-17-5-3-4-6-20-14-22(11-12-23(17)20)33-28(31-32-29(33)36)25-15-24(26(34)16-27(25)35)18(2)13-19-7-9-21(30)10-8-19/h4,6-12,14-18,34-35H,3,5,13H2,1-2H3,(H,32,36). The minimum atomic E-state index is -0.427. The smallest absolute Gasteiger partial charge is 0.348 e. The zero-order valence-corrected chi connectivity index (χ0v) is 20.2. The molecule has 3 aromatic carbocycles. The second kappa shape index (κ2) is 9.49. The molecule has 7 heteroatoms. The molecular weight excluding hydrogens is 457 g/mol. The minimum Gasteiger partial charge on any atom is -0.508 e. The largest absolute Gasteiger partial charge is 0.508 e. The summed E-state index contributed by atoms with van der Waals surface area (Å²) in [4.78, 5) is 12.8. The average Bonchev–Trinajstić information content (AvgIpc) is 3.13. The molecule has 0 aliphatic heterocycles. The van der Waals surface area contributed by atoms with Crippen molar-refractivity contribution < 1.29 is 14.6 Å². The second-order valence-electron chi connectivity index (χ2n) is 9.54. The first-order valence-electron chi connectivity index (χ1n) is 12.1. The highest BCUT2D eigenvalue weighted by Gasteiger charge is 2.22. The Labute approximate surface area is 208 Å². The summed E-state index contributed by atoms with van der Waals surface area (Å²) in [6.45, 7) is 4.14. The molecule has 5 rings (SSSR count). The lowest BCUT2D eigenvalue weighted by atomic mass is 9.91. The molecule has 2 atom stereocenters. The third-order valence-electron chi connectivity index (χ3n) is 6.97. The van der Waals surface area contributed by atoms with Gasteiger partial charge in [-0.2, -0.15) is 5.10 Å². The topological polar surface area (TPSA) is 91.1 Å². The maximum absolute atomic E-state index is 13.3. The first-order chi connectivity index (χ1) is 17.3. The Morgan fingerprint density at radius 2 is 1.89 bits per heavy atom. The number of nitrogens with one attached hydrogen (secondary N) is 1. The summed E-state index contributed by atoms with van der Waals surface area (Å²) in [6, 6.07) is 15.1. The van der Waals surface area contributed by atoms with Crippen molar-refractivity contribution >= 4 is 6.08 Å². The van der Waals surface area contributed by atoms with Crippen molar-refractivity contribution in [1.29, 1.82) is 0 Å². The highest BCUT2D eigenvalue weighted by Crippen LogP contribution is 2.39. The van der Waals surface area contributed by atoms with Gasteiger partial charge in [0.05, 0.1) is 11.3 Å². The Morgan fingerprint density at radius 3 is 2.67 bits per heavy atom. The summed E-state index contributed by atoms with van der Waals surface area (Å²) in [6.07, 6.45) is 6.86. The summed E-state index contributed by atoms with van der Waals surface area (Å²) in [7, 11) is 0. The Balaban J connectivity index is 1.56. The monoisotopic (exact) mass is 485 g/mol. The van der Waals surface area contributed by atoms with Crippen LogP contribution in [0, 0.1) is 5.82 Å². The molecule has 2 unspecified atom stereocenters. The molecule has 1 aliphatic rings. The third kappa shape index (κ3) is 4.44. The van der Waals surface area contributed by atoms with Gasteiger partial charge >= 0.3 is 5.69 Å². The van der Waals surface area contributed by atoms with E-state index in [1.807, 2.05) is 25.1 Å². The van der Waals surface area contributed by atoms with E-state index in [1.54, 1.807) is 18.2 Å². The first kappa shape index (κ1) is 23.6. The first-order valence-corrected chi connectivity index (χ1v) is 12.1. The molecule has 1 heterocycles. The molecule has 0 spiro atoms. The van der Waals surface area contributed by atoms with Gasteiger partial charge < -0.3 is 10.2 Å². The molecule has 184 valence electrons. The van der Waals surface area contributed by atoms with Crippen molar-refractivity contribution in [2.75, 3.05) is 0 Å². The van der Waals surface area contributed by atoms with E-state index in [0.717, 1.165) is 24.0 Å². The minimum absolute atomic E-state index is 0.0561. The van der Waals surface area contributed by atoms with Crippen LogP contribution in [-0.2, 0) is 6.42 Å². The van der Waals surface area contributed by atoms with Crippen molar-refractivity contribution in [1.82, 2.24) is 14.8 Å². The lowest BCUT2D eigenvalue weighted by molar-refractivity contribution is 0.443. The zero-order valence-electron chi connectivity index (χ0n) is 20.2. The third-order valence-corrected chi connectivity index (χ3v) is 6.97. The molecule has 0 fully saturated rings. The second-order valence-corrected chi connectivity index (χ2v) is 9.54. The fourth-order valence-corrected chi connectivity index (χ4v) is 4.98. The van der Waals surface area contributed by atoms with Crippen LogP contribution >= 0.6 is 0 Å². The normalized spacial score (nSPS) is 15.9. The molecule has 0 bridgehead atoms. The number of aromatic hydroxyl groups is 2. The van der Waals surface area contributed by atoms with Crippen molar-refractivity contribution in [3.8, 4) is 28.6 Å². The summed E-state index contributed by atoms with van der Waals surface area (Å²) in [5.74, 6) is -0.0316. The van der Waals surface area contributed by atoms with Crippen LogP contribution in [-0.4, -0.2) is 25.0 Å². The fourth-order valence-electron chi connectivity index (χ4n) is 4.98. The molecule has 0 saturated heterocycles. The van der Waals surface area contributed by atoms with Crippen molar-refractivity contribution in [2.45, 2.75) is 44.9 Å². The number of rotatable bonds is 5. The van der Waals surface area contributed by atoms with Gasteiger partial charge in [0.2, 0.25) is 0 Å². The highest BCUT2D eigenvalue weighted by atomic mass is 19.1. The lowest BCUT2D eigenvalue weighted by Gasteiger charge is -2.17. The van der Waals surface area contributed by atoms with Crippen LogP contribution in [0.25, 0.3) is 23.2 Å². The number of aromatic nitrogens is 3. The van der Waals surface area contributed by atoms with E-state index in [1.165, 1.54) is 28.3 Å². The summed E-state index contributed by atoms with van der Waals surface area (Å²) in [5.41, 5.74) is 4.33. The van der Waals surface area contributed by atoms with E-state index in [0.29, 0.717) is 29.2 Å². The Bertz CT molecular complexity index is 1500. The molecule has 0 radical (unpaired) electrons. The maximum atomic E-state index is 13.3. The van der Waals surface area contributed by atoms with Crippen LogP contribution in [0.5, 0.6) is 11.5 Å². The zero-order chi connectivity index (χ0) is 25.4. The molecule has 6 nitrogen and oxygen atoms in total. The number of benzene rings is 3. The van der Waals surface area contributed by atoms with E-state index >= 15 is 0 Å². The van der Waals surface area contributed by atoms with E-state index in [4.69, 9.17) is 0 Å². The molecule has 36 heavy (non-hydrogen) atoms. The summed E-state index contributed by atoms with van der Waals surface area (Å²) < 4.78 is 14.7. The number of halogens is 1. The number of phenols is 2. The van der Waals surface area contributed by atoms with Crippen molar-refractivity contribution in [3.63, 3.8) is 0 Å². The molecule has 0 amide bonds. The van der Waals surface area contributed by atoms with Gasteiger partial charge in [-0.1, -0.05) is 44.2 Å². The Kier molecular flexibility index (Phi) is 6.22. The van der Waals surface area contributed by atoms with Gasteiger partial charge in [-0.05, 0) is 83.7 Å². The Hall–Kier alpha value is -4.13. The van der Waals surface area contributed by atoms with E-state index < -0.39 is 5.69 Å². The molecule has 0 saturated carbocycles. The van der Waals surface area contributed by atoms with Crippen LogP contribution in [0.2, 0.25) is 0 Å². The number of allylic oxidation sites excluding steroid dienone is 1. The van der Waals surface area contributed by atoms with Crippen LogP contribution in [0.3, 0.4) is 0 Å². The molecule has 3 N–H and O–H groups in total. The van der Waals surface area contributed by atoms with Crippen molar-refractivity contribution in [2.24, 2.45) is 0 Å². The maximum Gasteiger partial charge on any atom is 0.348 e. The number of hydrogen-bond acceptors (Lipinski definition) is 4. The van der Waals surface area contributed by atoms with Gasteiger partial charge in [0.25, 0.3) is 0 Å². The summed E-state index contributed by atoms with van der Waals surface area (Å²) in [5, 5.41) is 28.1. The number of fused-ring (bicyclic) bond motifs is 1. The fraction of sp³-hybridized carbons (Fsp3) is 0.241. The molecule has 1 aromatic heterocycles. The van der Waals surface area contributed by atoms with Gasteiger partial charge in [0.15, 0.2) is 5.82 Å². The summed E-state index contributed by atoms with van der Waals surface area (Å²) >= 11 is 0. The van der Waals surface area contributed by atoms with Gasteiger partial charge in [0.1, 0.15) is 17.3 Å². The molecular formula is C29H28FN3O3. The van der Waals surface area contributed by atoms with E-state index in [-0.39, 0.29) is 29.1 Å². The SMILES string of the molecule is CC(Cc1ccc(F)cc1)c1cc(-c2n[nH]c(=O)n2-c2ccc3c(c2)C=CCCC3C)c(O)cc1O. The number of aromatic amines is 1. The predicted molar refractivity (Wildman–Crippen MR) is 138 cm³/mol. The molecule has 1 aliphatic carbocycles. The lowest BCUT2D eigenvalue weighted by Crippen LogP contribution is -2.16. The van der Waals surface area contributed by atoms with Crippen LogP contribution < -0.4 is 5.69 Å². The van der Waals surface area contributed by atoms with Gasteiger partial charge in [-0.25, -0.2) is 18.9 Å². The van der Waals surface area contributed by atoms with Crippen LogP contribution in [0.4, 0.5) is 4.39 Å². The quantitative estimate of drug-likeness (QED) is 0.322. The average molecular weight is 486 g/mol. The number of H-pyrrole nitrogens is 1. The van der Waals surface area contributed by atoms with Crippen LogP contribution in [0.15, 0.2) is 65.5 Å². The number of hydrogen-bond donors (Lipinski definition) is 3. The van der Waals surface area contributed by atoms with Gasteiger partial charge in [0, 0.05) is 6.07 Å². The van der Waals surface area contributed by atoms with Gasteiger partial charge in [-0.15, -0.1) is 0 Å². The predicted octanol–water partition coefficient (Wildman–Crippen LogP) is 6.03. The van der Waals surface area contributed by atoms with Crippen molar-refractivity contribution in [3.05, 3.63) is 99.2 Å². The number of nitrogens with zero attached hydrogens (tertiary/aromatic N) is 2. The number of phenolic OH excluding ortho intramolecular Hbond substituents is 2. The Morgan fingerprint density at radius 1 is 1.11 bits per heavy atom.